The smallest absolute Gasteiger partial charge is 0.234 e. The van der Waals surface area contributed by atoms with Crippen molar-refractivity contribution < 1.29 is 4.74 Å². The van der Waals surface area contributed by atoms with Crippen molar-refractivity contribution in [3.8, 4) is 23.1 Å². The van der Waals surface area contributed by atoms with Crippen LogP contribution in [0.4, 0.5) is 0 Å². The Hall–Kier alpha value is -3.50. The van der Waals surface area contributed by atoms with E-state index in [1.807, 2.05) is 39.8 Å². The van der Waals surface area contributed by atoms with Crippen molar-refractivity contribution >= 4 is 10.9 Å². The van der Waals surface area contributed by atoms with Gasteiger partial charge >= 0.3 is 0 Å². The standard InChI is InChI=1S/C19H16N6O/c1-26-7-6-24-13-17(12-23-24)16-10-21-19(22-11-16)25-5-4-15-8-14(9-20)2-3-18(15)25/h2-5,8,10-13H,6-7H2,1H3. The van der Waals surface area contributed by atoms with Crippen LogP contribution in [0, 0.1) is 11.3 Å². The number of fused-ring (bicyclic) bond motifs is 1. The average molecular weight is 344 g/mol. The Balaban J connectivity index is 1.62. The van der Waals surface area contributed by atoms with Gasteiger partial charge in [0.2, 0.25) is 5.95 Å². The molecule has 0 amide bonds. The van der Waals surface area contributed by atoms with Crippen LogP contribution in [0.1, 0.15) is 5.56 Å². The number of hydrogen-bond acceptors (Lipinski definition) is 5. The molecule has 0 saturated heterocycles. The van der Waals surface area contributed by atoms with Gasteiger partial charge in [0.25, 0.3) is 0 Å². The van der Waals surface area contributed by atoms with Crippen LogP contribution in [0.25, 0.3) is 28.0 Å². The molecule has 0 spiro atoms. The largest absolute Gasteiger partial charge is 0.383 e. The zero-order valence-corrected chi connectivity index (χ0v) is 14.2. The highest BCUT2D eigenvalue weighted by Gasteiger charge is 2.08. The molecule has 0 fully saturated rings. The van der Waals surface area contributed by atoms with E-state index in [4.69, 9.17) is 10.00 Å². The van der Waals surface area contributed by atoms with Gasteiger partial charge in [-0.05, 0) is 24.3 Å². The first-order valence-electron chi connectivity index (χ1n) is 8.14. The predicted octanol–water partition coefficient (Wildman–Crippen LogP) is 2.80. The second kappa shape index (κ2) is 6.78. The molecule has 0 bridgehead atoms. The lowest BCUT2D eigenvalue weighted by Gasteiger charge is -2.04. The molecule has 26 heavy (non-hydrogen) atoms. The number of aromatic nitrogens is 5. The van der Waals surface area contributed by atoms with Crippen LogP contribution in [0.5, 0.6) is 0 Å². The highest BCUT2D eigenvalue weighted by atomic mass is 16.5. The minimum atomic E-state index is 0.584. The van der Waals surface area contributed by atoms with E-state index in [0.29, 0.717) is 24.7 Å². The molecule has 0 N–H and O–H groups in total. The Morgan fingerprint density at radius 3 is 2.73 bits per heavy atom. The van der Waals surface area contributed by atoms with Crippen molar-refractivity contribution in [2.24, 2.45) is 0 Å². The summed E-state index contributed by atoms with van der Waals surface area (Å²) in [4.78, 5) is 8.97. The summed E-state index contributed by atoms with van der Waals surface area (Å²) in [5, 5.41) is 14.3. The number of benzene rings is 1. The van der Waals surface area contributed by atoms with Crippen molar-refractivity contribution in [1.29, 1.82) is 5.26 Å². The van der Waals surface area contributed by atoms with Crippen LogP contribution in [0.3, 0.4) is 0 Å². The van der Waals surface area contributed by atoms with Crippen LogP contribution in [0.15, 0.2) is 55.2 Å². The van der Waals surface area contributed by atoms with Crippen molar-refractivity contribution in [2.45, 2.75) is 6.54 Å². The molecule has 1 aromatic carbocycles. The molecular formula is C19H16N6O. The first kappa shape index (κ1) is 16.0. The number of nitriles is 1. The monoisotopic (exact) mass is 344 g/mol. The fourth-order valence-electron chi connectivity index (χ4n) is 2.80. The molecule has 128 valence electrons. The number of hydrogen-bond donors (Lipinski definition) is 0. The van der Waals surface area contributed by atoms with Gasteiger partial charge in [0.05, 0.1) is 36.5 Å². The lowest BCUT2D eigenvalue weighted by molar-refractivity contribution is 0.183. The van der Waals surface area contributed by atoms with Gasteiger partial charge < -0.3 is 4.74 Å². The Kier molecular flexibility index (Phi) is 4.17. The second-order valence-electron chi connectivity index (χ2n) is 5.83. The molecule has 7 nitrogen and oxygen atoms in total. The highest BCUT2D eigenvalue weighted by Crippen LogP contribution is 2.21. The Labute approximate surface area is 150 Å². The Morgan fingerprint density at radius 2 is 1.96 bits per heavy atom. The highest BCUT2D eigenvalue weighted by molar-refractivity contribution is 5.82. The van der Waals surface area contributed by atoms with E-state index in [-0.39, 0.29) is 0 Å². The second-order valence-corrected chi connectivity index (χ2v) is 5.83. The van der Waals surface area contributed by atoms with Crippen molar-refractivity contribution in [3.05, 3.63) is 60.8 Å². The maximum absolute atomic E-state index is 9.01. The van der Waals surface area contributed by atoms with Crippen LogP contribution < -0.4 is 0 Å². The molecule has 4 aromatic rings. The minimum Gasteiger partial charge on any atom is -0.383 e. The maximum Gasteiger partial charge on any atom is 0.234 e. The summed E-state index contributed by atoms with van der Waals surface area (Å²) in [5.74, 6) is 0.584. The first-order valence-corrected chi connectivity index (χ1v) is 8.14. The van der Waals surface area contributed by atoms with Gasteiger partial charge in [0.1, 0.15) is 0 Å². The van der Waals surface area contributed by atoms with Crippen molar-refractivity contribution in [2.75, 3.05) is 13.7 Å². The van der Waals surface area contributed by atoms with Crippen LogP contribution in [-0.2, 0) is 11.3 Å². The topological polar surface area (TPSA) is 81.5 Å². The van der Waals surface area contributed by atoms with Gasteiger partial charge in [-0.25, -0.2) is 9.97 Å². The molecule has 4 rings (SSSR count). The summed E-state index contributed by atoms with van der Waals surface area (Å²) >= 11 is 0. The normalized spacial score (nSPS) is 10.9. The molecule has 0 aliphatic carbocycles. The van der Waals surface area contributed by atoms with E-state index in [9.17, 15) is 0 Å². The van der Waals surface area contributed by atoms with E-state index in [0.717, 1.165) is 22.0 Å². The van der Waals surface area contributed by atoms with Crippen LogP contribution in [0.2, 0.25) is 0 Å². The molecule has 3 heterocycles. The molecular weight excluding hydrogens is 328 g/mol. The molecule has 0 aliphatic heterocycles. The predicted molar refractivity (Wildman–Crippen MR) is 96.7 cm³/mol. The number of rotatable bonds is 5. The summed E-state index contributed by atoms with van der Waals surface area (Å²) < 4.78 is 8.80. The third-order valence-corrected chi connectivity index (χ3v) is 4.16. The van der Waals surface area contributed by atoms with E-state index in [2.05, 4.69) is 21.1 Å². The van der Waals surface area contributed by atoms with Gasteiger partial charge in [-0.1, -0.05) is 0 Å². The summed E-state index contributed by atoms with van der Waals surface area (Å²) in [7, 11) is 1.67. The summed E-state index contributed by atoms with van der Waals surface area (Å²) in [6.07, 6.45) is 9.23. The van der Waals surface area contributed by atoms with Crippen molar-refractivity contribution in [3.63, 3.8) is 0 Å². The fourth-order valence-corrected chi connectivity index (χ4v) is 2.80. The van der Waals surface area contributed by atoms with Gasteiger partial charge in [0, 0.05) is 48.4 Å². The zero-order valence-electron chi connectivity index (χ0n) is 14.2. The third-order valence-electron chi connectivity index (χ3n) is 4.16. The number of nitrogens with zero attached hydrogens (tertiary/aromatic N) is 6. The zero-order chi connectivity index (χ0) is 17.9. The average Bonchev–Trinajstić information content (AvgIpc) is 3.33. The van der Waals surface area contributed by atoms with Crippen molar-refractivity contribution in [1.82, 2.24) is 24.3 Å². The van der Waals surface area contributed by atoms with E-state index in [1.54, 1.807) is 31.8 Å². The fraction of sp³-hybridized carbons (Fsp3) is 0.158. The van der Waals surface area contributed by atoms with Gasteiger partial charge in [-0.15, -0.1) is 0 Å². The molecule has 7 heteroatoms. The molecule has 3 aromatic heterocycles. The third kappa shape index (κ3) is 2.94. The van der Waals surface area contributed by atoms with E-state index < -0.39 is 0 Å². The molecule has 0 aliphatic rings. The van der Waals surface area contributed by atoms with Gasteiger partial charge in [-0.2, -0.15) is 10.4 Å². The van der Waals surface area contributed by atoms with Gasteiger partial charge in [-0.3, -0.25) is 9.25 Å². The minimum absolute atomic E-state index is 0.584. The molecule has 0 unspecified atom stereocenters. The number of ether oxygens (including phenoxy) is 1. The van der Waals surface area contributed by atoms with E-state index in [1.165, 1.54) is 0 Å². The SMILES string of the molecule is COCCn1cc(-c2cnc(-n3ccc4cc(C#N)ccc43)nc2)cn1. The summed E-state index contributed by atoms with van der Waals surface area (Å²) in [5.41, 5.74) is 3.46. The Morgan fingerprint density at radius 1 is 1.12 bits per heavy atom. The first-order chi connectivity index (χ1) is 12.8. The summed E-state index contributed by atoms with van der Waals surface area (Å²) in [6.45, 7) is 1.32. The van der Waals surface area contributed by atoms with Gasteiger partial charge in [0.15, 0.2) is 0 Å². The lowest BCUT2D eigenvalue weighted by Crippen LogP contribution is -2.03. The Bertz CT molecular complexity index is 1090. The van der Waals surface area contributed by atoms with E-state index >= 15 is 0 Å². The maximum atomic E-state index is 9.01. The molecule has 0 saturated carbocycles. The quantitative estimate of drug-likeness (QED) is 0.556. The van der Waals surface area contributed by atoms with Crippen LogP contribution in [-0.4, -0.2) is 38.0 Å². The van der Waals surface area contributed by atoms with Crippen LogP contribution >= 0.6 is 0 Å². The molecule has 0 atom stereocenters. The lowest BCUT2D eigenvalue weighted by atomic mass is 10.2. The summed E-state index contributed by atoms with van der Waals surface area (Å²) in [6, 6.07) is 9.66. The number of methoxy groups -OCH3 is 1. The molecule has 0 radical (unpaired) electrons.